The number of hydrogen-bond acceptors (Lipinski definition) is 0. The Bertz CT molecular complexity index is 3200. The number of allylic oxidation sites excluding steroid dienone is 18. The van der Waals surface area contributed by atoms with Gasteiger partial charge in [0.25, 0.3) is 0 Å². The fraction of sp³-hybridized carbons (Fsp3) is 0.167. The van der Waals surface area contributed by atoms with E-state index in [0.29, 0.717) is 17.8 Å². The molecular formula is C60H46. The molecule has 0 N–H and O–H groups in total. The molecule has 286 valence electrons. The molecule has 4 atom stereocenters. The van der Waals surface area contributed by atoms with Gasteiger partial charge < -0.3 is 0 Å². The van der Waals surface area contributed by atoms with Crippen molar-refractivity contribution in [3.8, 4) is 44.5 Å². The molecule has 0 bridgehead atoms. The Morgan fingerprint density at radius 1 is 0.517 bits per heavy atom. The van der Waals surface area contributed by atoms with Crippen molar-refractivity contribution in [3.63, 3.8) is 0 Å². The Kier molecular flexibility index (Phi) is 7.45. The van der Waals surface area contributed by atoms with E-state index in [1.165, 1.54) is 111 Å². The number of benzene rings is 6. The monoisotopic (exact) mass is 766 g/mol. The predicted molar refractivity (Wildman–Crippen MR) is 254 cm³/mol. The first-order valence-corrected chi connectivity index (χ1v) is 22.2. The van der Waals surface area contributed by atoms with Crippen molar-refractivity contribution in [2.75, 3.05) is 0 Å². The predicted octanol–water partition coefficient (Wildman–Crippen LogP) is 15.8. The smallest absolute Gasteiger partial charge is 0.0206 e. The fourth-order valence-corrected chi connectivity index (χ4v) is 12.3. The van der Waals surface area contributed by atoms with Crippen LogP contribution in [0.5, 0.6) is 0 Å². The second-order valence-corrected chi connectivity index (χ2v) is 18.1. The summed E-state index contributed by atoms with van der Waals surface area (Å²) in [5, 5.41) is 5.48. The summed E-state index contributed by atoms with van der Waals surface area (Å²) in [6.45, 7) is 4.52. The average molecular weight is 767 g/mol. The number of rotatable bonds is 4. The minimum Gasteiger partial charge on any atom is -0.0836 e. The van der Waals surface area contributed by atoms with Crippen molar-refractivity contribution in [2.45, 2.75) is 39.5 Å². The van der Waals surface area contributed by atoms with Crippen molar-refractivity contribution < 1.29 is 0 Å². The lowest BCUT2D eigenvalue weighted by Gasteiger charge is -2.37. The third-order valence-electron chi connectivity index (χ3n) is 15.0. The first kappa shape index (κ1) is 34.4. The lowest BCUT2D eigenvalue weighted by molar-refractivity contribution is 0.627. The van der Waals surface area contributed by atoms with Gasteiger partial charge in [-0.1, -0.05) is 164 Å². The van der Waals surface area contributed by atoms with E-state index in [1.54, 1.807) is 11.1 Å². The lowest BCUT2D eigenvalue weighted by Crippen LogP contribution is -2.24. The molecule has 6 aromatic carbocycles. The molecule has 0 saturated heterocycles. The van der Waals surface area contributed by atoms with E-state index in [4.69, 9.17) is 0 Å². The molecule has 0 nitrogen and oxygen atoms in total. The van der Waals surface area contributed by atoms with Crippen LogP contribution in [0, 0.1) is 37.5 Å². The van der Waals surface area contributed by atoms with Crippen LogP contribution in [0.3, 0.4) is 0 Å². The third-order valence-corrected chi connectivity index (χ3v) is 15.0. The summed E-state index contributed by atoms with van der Waals surface area (Å²) in [5.74, 6) is 1.43. The van der Waals surface area contributed by atoms with Gasteiger partial charge in [-0.25, -0.2) is 0 Å². The summed E-state index contributed by atoms with van der Waals surface area (Å²) < 4.78 is 0. The zero-order chi connectivity index (χ0) is 39.6. The van der Waals surface area contributed by atoms with Gasteiger partial charge in [0, 0.05) is 23.7 Å². The van der Waals surface area contributed by atoms with E-state index >= 15 is 0 Å². The molecule has 7 aliphatic rings. The summed E-state index contributed by atoms with van der Waals surface area (Å²) in [6.07, 6.45) is 33.9. The van der Waals surface area contributed by atoms with Crippen molar-refractivity contribution >= 4 is 32.7 Å². The van der Waals surface area contributed by atoms with E-state index in [1.807, 2.05) is 0 Å². The highest BCUT2D eigenvalue weighted by Crippen LogP contribution is 2.64. The zero-order valence-corrected chi connectivity index (χ0v) is 34.3. The average Bonchev–Trinajstić information content (AvgIpc) is 3.79. The molecule has 0 radical (unpaired) electrons. The molecule has 0 fully saturated rings. The summed E-state index contributed by atoms with van der Waals surface area (Å²) in [7, 11) is 0. The van der Waals surface area contributed by atoms with Crippen LogP contribution in [0.1, 0.15) is 47.9 Å². The van der Waals surface area contributed by atoms with Gasteiger partial charge >= 0.3 is 0 Å². The Hall–Kier alpha value is -6.50. The second-order valence-electron chi connectivity index (χ2n) is 18.1. The highest BCUT2D eigenvalue weighted by molar-refractivity contribution is 6.31. The maximum atomic E-state index is 2.68. The first-order valence-electron chi connectivity index (χ1n) is 22.2. The van der Waals surface area contributed by atoms with Gasteiger partial charge in [-0.2, -0.15) is 0 Å². The van der Waals surface area contributed by atoms with Gasteiger partial charge in [-0.3, -0.25) is 0 Å². The topological polar surface area (TPSA) is 0 Å². The van der Waals surface area contributed by atoms with Crippen LogP contribution in [0.4, 0.5) is 0 Å². The van der Waals surface area contributed by atoms with Gasteiger partial charge in [0.05, 0.1) is 0 Å². The number of fused-ring (bicyclic) bond motifs is 9. The SMILES string of the molecule is Cc1cc2c(cc1C)-c1cc3c(-c4ccccc4)c4c(c(-c5ccccc5)c3c3cccc-2c13)C1=CC2=C(C=CC(C3=CCCC=C3C3C=CC=CC3)C2)C2C=CC=C4C12. The highest BCUT2D eigenvalue weighted by atomic mass is 14.5. The number of hydrogen-bond donors (Lipinski definition) is 0. The van der Waals surface area contributed by atoms with Gasteiger partial charge in [-0.05, 0) is 167 Å². The largest absolute Gasteiger partial charge is 0.0836 e. The Labute approximate surface area is 353 Å². The van der Waals surface area contributed by atoms with Crippen LogP contribution in [-0.4, -0.2) is 0 Å². The molecule has 0 amide bonds. The molecule has 60 heavy (non-hydrogen) atoms. The normalized spacial score (nSPS) is 22.6. The Morgan fingerprint density at radius 2 is 1.23 bits per heavy atom. The minimum absolute atomic E-state index is 0.274. The van der Waals surface area contributed by atoms with Crippen LogP contribution in [-0.2, 0) is 0 Å². The molecule has 0 saturated carbocycles. The second kappa shape index (κ2) is 13.0. The highest BCUT2D eigenvalue weighted by Gasteiger charge is 2.46. The Morgan fingerprint density at radius 3 is 1.98 bits per heavy atom. The standard InChI is InChI=1S/C60H46/c1-35-30-49-46-25-15-26-47-56(46)51(50(49)31-36(35)2)34-53-54(38-18-8-4-9-19-38)59-48-27-14-24-45-44-29-28-40(43-23-13-12-22-42(43)37-16-6-3-7-17-37)32-41(44)33-52(57(45)48)60(59)55(58(47)53)39-20-10-5-11-21-39/h3-11,14-16,18-31,33-34,37,40,45,57H,12-13,17,32H2,1-2H3. The maximum Gasteiger partial charge on any atom is 0.0206 e. The minimum atomic E-state index is 0.274. The van der Waals surface area contributed by atoms with E-state index in [0.717, 1.165) is 25.7 Å². The van der Waals surface area contributed by atoms with E-state index < -0.39 is 0 Å². The van der Waals surface area contributed by atoms with E-state index in [-0.39, 0.29) is 5.92 Å². The summed E-state index contributed by atoms with van der Waals surface area (Å²) in [6, 6.07) is 37.2. The molecule has 6 aromatic rings. The van der Waals surface area contributed by atoms with Crippen LogP contribution in [0.25, 0.3) is 77.2 Å². The third kappa shape index (κ3) is 4.80. The van der Waals surface area contributed by atoms with Gasteiger partial charge in [-0.15, -0.1) is 0 Å². The summed E-state index contributed by atoms with van der Waals surface area (Å²) in [4.78, 5) is 0. The van der Waals surface area contributed by atoms with Crippen molar-refractivity contribution in [2.24, 2.45) is 23.7 Å². The van der Waals surface area contributed by atoms with Crippen LogP contribution >= 0.6 is 0 Å². The summed E-state index contributed by atoms with van der Waals surface area (Å²) in [5.41, 5.74) is 25.5. The maximum absolute atomic E-state index is 2.68. The summed E-state index contributed by atoms with van der Waals surface area (Å²) >= 11 is 0. The van der Waals surface area contributed by atoms with Gasteiger partial charge in [0.2, 0.25) is 0 Å². The molecule has 7 aliphatic carbocycles. The Balaban J connectivity index is 1.10. The van der Waals surface area contributed by atoms with Crippen LogP contribution < -0.4 is 0 Å². The fourth-order valence-electron chi connectivity index (χ4n) is 12.3. The molecule has 0 aromatic heterocycles. The van der Waals surface area contributed by atoms with E-state index in [9.17, 15) is 0 Å². The lowest BCUT2D eigenvalue weighted by atomic mass is 9.67. The van der Waals surface area contributed by atoms with Gasteiger partial charge in [0.15, 0.2) is 0 Å². The quantitative estimate of drug-likeness (QED) is 0.157. The molecule has 4 unspecified atom stereocenters. The molecule has 0 aliphatic heterocycles. The molecule has 0 heteroatoms. The van der Waals surface area contributed by atoms with Crippen molar-refractivity contribution in [1.82, 2.24) is 0 Å². The zero-order valence-electron chi connectivity index (χ0n) is 34.3. The van der Waals surface area contributed by atoms with Crippen LogP contribution in [0.2, 0.25) is 0 Å². The van der Waals surface area contributed by atoms with Crippen molar-refractivity contribution in [3.05, 3.63) is 215 Å². The van der Waals surface area contributed by atoms with Crippen molar-refractivity contribution in [1.29, 1.82) is 0 Å². The molecule has 0 spiro atoms. The number of aryl methyl sites for hydroxylation is 2. The van der Waals surface area contributed by atoms with Gasteiger partial charge in [0.1, 0.15) is 0 Å². The van der Waals surface area contributed by atoms with Crippen LogP contribution in [0.15, 0.2) is 192 Å². The molecule has 13 rings (SSSR count). The molecule has 0 heterocycles. The van der Waals surface area contributed by atoms with E-state index in [2.05, 4.69) is 184 Å². The molecular weight excluding hydrogens is 721 g/mol. The first-order chi connectivity index (χ1) is 29.6.